The molecule has 13 heteroatoms. The predicted molar refractivity (Wildman–Crippen MR) is 167 cm³/mol. The fourth-order valence-corrected chi connectivity index (χ4v) is 7.92. The number of primary amides is 1. The molecule has 0 bridgehead atoms. The summed E-state index contributed by atoms with van der Waals surface area (Å²) in [6, 6.07) is 11.1. The molecule has 4 atom stereocenters. The maximum absolute atomic E-state index is 14.6. The van der Waals surface area contributed by atoms with Crippen molar-refractivity contribution < 1.29 is 53.8 Å². The van der Waals surface area contributed by atoms with Gasteiger partial charge in [-0.2, -0.15) is 0 Å². The van der Waals surface area contributed by atoms with Gasteiger partial charge in [-0.25, -0.2) is 0 Å². The third-order valence-corrected chi connectivity index (χ3v) is 10.1. The quantitative estimate of drug-likeness (QED) is 0.258. The number of aliphatic hydroxyl groups excluding tert-OH is 2. The summed E-state index contributed by atoms with van der Waals surface area (Å²) in [6.45, 7) is 0.0875. The van der Waals surface area contributed by atoms with Gasteiger partial charge in [0.2, 0.25) is 19.4 Å². The van der Waals surface area contributed by atoms with Crippen LogP contribution in [-0.2, 0) is 16.0 Å². The maximum atomic E-state index is 14.6. The number of fused-ring (bicyclic) bond motifs is 5. The van der Waals surface area contributed by atoms with E-state index in [2.05, 4.69) is 0 Å². The Labute approximate surface area is 273 Å². The van der Waals surface area contributed by atoms with E-state index < -0.39 is 58.0 Å². The van der Waals surface area contributed by atoms with Gasteiger partial charge in [-0.05, 0) is 85.4 Å². The number of phenols is 1. The molecule has 3 aromatic rings. The molecule has 0 unspecified atom stereocenters. The summed E-state index contributed by atoms with van der Waals surface area (Å²) in [5.74, 6) is -5.14. The molecule has 0 fully saturated rings. The van der Waals surface area contributed by atoms with E-state index in [9.17, 15) is 34.8 Å². The molecule has 0 aromatic heterocycles. The van der Waals surface area contributed by atoms with Gasteiger partial charge in [0.05, 0.1) is 11.6 Å². The highest BCUT2D eigenvalue weighted by molar-refractivity contribution is 6.25. The average molecular weight is 655 g/mol. The van der Waals surface area contributed by atoms with E-state index in [0.717, 1.165) is 0 Å². The molecule has 5 aliphatic rings. The minimum Gasteiger partial charge on any atom is -0.510 e. The zero-order valence-corrected chi connectivity index (χ0v) is 25.8. The van der Waals surface area contributed by atoms with Gasteiger partial charge in [0.1, 0.15) is 22.8 Å². The number of nitrogens with zero attached hydrogens (tertiary/aromatic N) is 1. The number of aliphatic hydroxyl groups is 3. The Morgan fingerprint density at radius 3 is 2.04 bits per heavy atom. The fraction of sp³-hybridized carbons (Fsp3) is 0.286. The summed E-state index contributed by atoms with van der Waals surface area (Å²) in [5.41, 5.74) is 4.04. The first kappa shape index (κ1) is 29.8. The van der Waals surface area contributed by atoms with Gasteiger partial charge in [-0.1, -0.05) is 12.1 Å². The van der Waals surface area contributed by atoms with E-state index in [-0.39, 0.29) is 48.9 Å². The Bertz CT molecular complexity index is 2070. The largest absolute Gasteiger partial charge is 0.510 e. The minimum absolute atomic E-state index is 0.0307. The smallest absolute Gasteiger partial charge is 0.255 e. The number of hydrogen-bond acceptors (Lipinski definition) is 12. The van der Waals surface area contributed by atoms with E-state index in [1.54, 1.807) is 50.5 Å². The number of ether oxygens (including phenoxy) is 4. The number of phenolic OH excluding ortho intramolecular Hbond substituents is 1. The molecule has 246 valence electrons. The highest BCUT2D eigenvalue weighted by Gasteiger charge is 2.63. The summed E-state index contributed by atoms with van der Waals surface area (Å²) in [4.78, 5) is 42.1. The second-order valence-corrected chi connectivity index (χ2v) is 12.8. The van der Waals surface area contributed by atoms with Crippen LogP contribution < -0.4 is 24.7 Å². The van der Waals surface area contributed by atoms with Crippen molar-refractivity contribution in [3.05, 3.63) is 76.3 Å². The van der Waals surface area contributed by atoms with Crippen LogP contribution in [0.15, 0.2) is 65.1 Å². The summed E-state index contributed by atoms with van der Waals surface area (Å²) >= 11 is 0. The molecule has 0 saturated carbocycles. The first-order valence-corrected chi connectivity index (χ1v) is 15.3. The number of allylic oxidation sites excluding steroid dienone is 1. The molecule has 2 heterocycles. The predicted octanol–water partition coefficient (Wildman–Crippen LogP) is 2.91. The van der Waals surface area contributed by atoms with E-state index in [4.69, 9.17) is 24.7 Å². The fourth-order valence-electron chi connectivity index (χ4n) is 7.92. The normalized spacial score (nSPS) is 25.3. The maximum Gasteiger partial charge on any atom is 0.255 e. The number of carbonyl (C=O) groups is 3. The molecule has 6 N–H and O–H groups in total. The number of likely N-dealkylation sites (N-methyl/N-ethyl adjacent to an activating group) is 1. The van der Waals surface area contributed by atoms with Gasteiger partial charge in [0.15, 0.2) is 34.4 Å². The molecule has 0 radical (unpaired) electrons. The van der Waals surface area contributed by atoms with Crippen LogP contribution in [0.25, 0.3) is 22.3 Å². The van der Waals surface area contributed by atoms with Crippen LogP contribution in [0, 0.1) is 11.8 Å². The number of amides is 1. The molecule has 0 spiro atoms. The number of Topliss-reactive ketones (excluding diaryl/α,β-unsaturated/α-hetero) is 2. The molecule has 1 amide bonds. The number of carbonyl (C=O) groups excluding carboxylic acids is 3. The molecule has 2 aliphatic heterocycles. The van der Waals surface area contributed by atoms with Crippen molar-refractivity contribution in [3.63, 3.8) is 0 Å². The van der Waals surface area contributed by atoms with E-state index in [0.29, 0.717) is 45.3 Å². The van der Waals surface area contributed by atoms with Crippen LogP contribution in [0.4, 0.5) is 0 Å². The molecule has 48 heavy (non-hydrogen) atoms. The van der Waals surface area contributed by atoms with Crippen molar-refractivity contribution in [2.45, 2.75) is 24.5 Å². The Kier molecular flexibility index (Phi) is 6.36. The lowest BCUT2D eigenvalue weighted by molar-refractivity contribution is -0.148. The van der Waals surface area contributed by atoms with Crippen molar-refractivity contribution in [2.24, 2.45) is 17.6 Å². The number of hydrogen-bond donors (Lipinski definition) is 5. The SMILES string of the molecule is CN(C)[C@@H]1C(O)=C(C(N)=O)C(=O)[C@@]2(O)C(O)=C3C(=O)c4c(O)c(-c5ccc6c(c5)OCO6)cc(-c5ccc6c(c5)OCO6)c4C[C@H]3C[C@@H]12. The van der Waals surface area contributed by atoms with Crippen molar-refractivity contribution in [1.82, 2.24) is 4.90 Å². The van der Waals surface area contributed by atoms with Crippen LogP contribution in [-0.4, -0.2) is 82.1 Å². The van der Waals surface area contributed by atoms with Gasteiger partial charge < -0.3 is 45.1 Å². The highest BCUT2D eigenvalue weighted by atomic mass is 16.7. The van der Waals surface area contributed by atoms with Crippen LogP contribution >= 0.6 is 0 Å². The first-order chi connectivity index (χ1) is 22.9. The topological polar surface area (TPSA) is 198 Å². The summed E-state index contributed by atoms with van der Waals surface area (Å²) in [5, 5.41) is 46.7. The van der Waals surface area contributed by atoms with Gasteiger partial charge in [0, 0.05) is 17.1 Å². The lowest BCUT2D eigenvalue weighted by Crippen LogP contribution is -2.63. The van der Waals surface area contributed by atoms with Crippen LogP contribution in [0.3, 0.4) is 0 Å². The van der Waals surface area contributed by atoms with Crippen molar-refractivity contribution in [3.8, 4) is 51.0 Å². The number of benzene rings is 3. The van der Waals surface area contributed by atoms with E-state index in [1.165, 1.54) is 4.90 Å². The Morgan fingerprint density at radius 1 is 0.875 bits per heavy atom. The molecule has 0 saturated heterocycles. The molecular formula is C35H30N2O11. The van der Waals surface area contributed by atoms with Gasteiger partial charge in [0.25, 0.3) is 5.91 Å². The second-order valence-electron chi connectivity index (χ2n) is 12.8. The zero-order chi connectivity index (χ0) is 33.8. The van der Waals surface area contributed by atoms with E-state index >= 15 is 0 Å². The molecule has 3 aliphatic carbocycles. The Morgan fingerprint density at radius 2 is 1.46 bits per heavy atom. The third kappa shape index (κ3) is 3.94. The van der Waals surface area contributed by atoms with Crippen molar-refractivity contribution in [2.75, 3.05) is 27.7 Å². The molecule has 3 aromatic carbocycles. The summed E-state index contributed by atoms with van der Waals surface area (Å²) in [6.07, 6.45) is 0.0876. The van der Waals surface area contributed by atoms with Gasteiger partial charge in [-0.15, -0.1) is 0 Å². The lowest BCUT2D eigenvalue weighted by atomic mass is 9.58. The van der Waals surface area contributed by atoms with Gasteiger partial charge >= 0.3 is 0 Å². The minimum atomic E-state index is -2.74. The van der Waals surface area contributed by atoms with Gasteiger partial charge in [-0.3, -0.25) is 19.3 Å². The van der Waals surface area contributed by atoms with Crippen molar-refractivity contribution >= 4 is 17.5 Å². The second kappa shape index (κ2) is 10.2. The van der Waals surface area contributed by atoms with Crippen LogP contribution in [0.5, 0.6) is 28.7 Å². The van der Waals surface area contributed by atoms with Crippen LogP contribution in [0.2, 0.25) is 0 Å². The average Bonchev–Trinajstić information content (AvgIpc) is 3.71. The number of nitrogens with two attached hydrogens (primary N) is 1. The zero-order valence-electron chi connectivity index (χ0n) is 25.8. The number of rotatable bonds is 4. The third-order valence-electron chi connectivity index (χ3n) is 10.1. The van der Waals surface area contributed by atoms with Crippen molar-refractivity contribution in [1.29, 1.82) is 0 Å². The van der Waals surface area contributed by atoms with Crippen LogP contribution in [0.1, 0.15) is 22.3 Å². The first-order valence-electron chi connectivity index (χ1n) is 15.3. The standard InChI is InChI=1S/C35H30N2O11/c1-37(2)28-20-8-16-7-19-17(14-3-5-21-23(9-14)47-12-45-21)11-18(15-4-6-22-24(10-15)48-13-46-22)29(38)26(19)30(39)25(16)32(41)35(20,44)33(42)27(31(28)40)34(36)43/h3-6,9-11,16,20,28,38,40-41,44H,7-8,12-13H2,1-2H3,(H2,36,43)/t16-,20-,28-,35-/m0/s1. The van der Waals surface area contributed by atoms with E-state index in [1.807, 2.05) is 6.07 Å². The number of aromatic hydroxyl groups is 1. The highest BCUT2D eigenvalue weighted by Crippen LogP contribution is 2.55. The Balaban J connectivity index is 1.35. The monoisotopic (exact) mass is 654 g/mol. The summed E-state index contributed by atoms with van der Waals surface area (Å²) in [7, 11) is 3.17. The molecular weight excluding hydrogens is 624 g/mol. The molecule has 8 rings (SSSR count). The summed E-state index contributed by atoms with van der Waals surface area (Å²) < 4.78 is 22.1. The molecule has 13 nitrogen and oxygen atoms in total. The lowest BCUT2D eigenvalue weighted by Gasteiger charge is -2.50. The number of ketones is 2. The Hall–Kier alpha value is -5.53.